The van der Waals surface area contributed by atoms with Crippen LogP contribution in [0.3, 0.4) is 0 Å². The van der Waals surface area contributed by atoms with Crippen LogP contribution in [0.1, 0.15) is 5.56 Å². The molecule has 2 heteroatoms. The number of rotatable bonds is 0. The summed E-state index contributed by atoms with van der Waals surface area (Å²) in [6.07, 6.45) is 0. The van der Waals surface area contributed by atoms with Gasteiger partial charge in [-0.15, -0.1) is 0 Å². The highest BCUT2D eigenvalue weighted by molar-refractivity contribution is 9.09. The molecular formula is C13H9BrO. The van der Waals surface area contributed by atoms with Gasteiger partial charge in [0.2, 0.25) is 0 Å². The van der Waals surface area contributed by atoms with E-state index in [1.54, 1.807) is 0 Å². The zero-order valence-corrected chi connectivity index (χ0v) is 9.58. The maximum atomic E-state index is 9.96. The van der Waals surface area contributed by atoms with Crippen molar-refractivity contribution in [3.8, 4) is 17.6 Å². The molecular weight excluding hydrogens is 252 g/mol. The first-order valence-electron chi connectivity index (χ1n) is 4.58. The molecule has 0 radical (unpaired) electrons. The number of fused-ring (bicyclic) bond motifs is 1. The van der Waals surface area contributed by atoms with E-state index in [1.807, 2.05) is 36.4 Å². The molecule has 2 aromatic rings. The lowest BCUT2D eigenvalue weighted by molar-refractivity contribution is 0.480. The van der Waals surface area contributed by atoms with Crippen LogP contribution < -0.4 is 0 Å². The Balaban J connectivity index is 2.65. The summed E-state index contributed by atoms with van der Waals surface area (Å²) in [5, 5.41) is 12.4. The Labute approximate surface area is 96.9 Å². The SMILES string of the molecule is Oc1c(C#CCBr)ccc2ccccc12. The molecule has 1 N–H and O–H groups in total. The fourth-order valence-corrected chi connectivity index (χ4v) is 1.62. The fraction of sp³-hybridized carbons (Fsp3) is 0.0769. The van der Waals surface area contributed by atoms with Crippen LogP contribution >= 0.6 is 15.9 Å². The maximum absolute atomic E-state index is 9.96. The van der Waals surface area contributed by atoms with E-state index in [2.05, 4.69) is 27.8 Å². The smallest absolute Gasteiger partial charge is 0.139 e. The Morgan fingerprint density at radius 3 is 2.73 bits per heavy atom. The van der Waals surface area contributed by atoms with Crippen molar-refractivity contribution in [3.63, 3.8) is 0 Å². The van der Waals surface area contributed by atoms with Crippen molar-refractivity contribution in [3.05, 3.63) is 42.0 Å². The van der Waals surface area contributed by atoms with Gasteiger partial charge in [0.05, 0.1) is 10.9 Å². The predicted molar refractivity (Wildman–Crippen MR) is 66.3 cm³/mol. The van der Waals surface area contributed by atoms with Crippen molar-refractivity contribution in [2.45, 2.75) is 0 Å². The molecule has 74 valence electrons. The Morgan fingerprint density at radius 1 is 1.13 bits per heavy atom. The quantitative estimate of drug-likeness (QED) is 0.570. The number of phenolic OH excluding ortho intramolecular Hbond substituents is 1. The van der Waals surface area contributed by atoms with Crippen LogP contribution in [0, 0.1) is 11.8 Å². The molecule has 0 saturated heterocycles. The molecule has 0 fully saturated rings. The third kappa shape index (κ3) is 1.98. The first kappa shape index (κ1) is 10.1. The number of benzene rings is 2. The van der Waals surface area contributed by atoms with Gasteiger partial charge in [0.25, 0.3) is 0 Å². The molecule has 0 bridgehead atoms. The first-order valence-corrected chi connectivity index (χ1v) is 5.70. The van der Waals surface area contributed by atoms with E-state index in [1.165, 1.54) is 0 Å². The molecule has 0 aliphatic rings. The van der Waals surface area contributed by atoms with E-state index in [4.69, 9.17) is 0 Å². The minimum Gasteiger partial charge on any atom is -0.506 e. The van der Waals surface area contributed by atoms with Crippen LogP contribution in [0.2, 0.25) is 0 Å². The van der Waals surface area contributed by atoms with Gasteiger partial charge in [-0.1, -0.05) is 58.1 Å². The highest BCUT2D eigenvalue weighted by Gasteiger charge is 2.02. The summed E-state index contributed by atoms with van der Waals surface area (Å²) >= 11 is 3.23. The van der Waals surface area contributed by atoms with Gasteiger partial charge in [0, 0.05) is 5.39 Å². The third-order valence-electron chi connectivity index (χ3n) is 2.19. The van der Waals surface area contributed by atoms with Crippen LogP contribution in [-0.2, 0) is 0 Å². The lowest BCUT2D eigenvalue weighted by atomic mass is 10.1. The lowest BCUT2D eigenvalue weighted by Crippen LogP contribution is -1.80. The van der Waals surface area contributed by atoms with E-state index in [-0.39, 0.29) is 5.75 Å². The van der Waals surface area contributed by atoms with Crippen molar-refractivity contribution < 1.29 is 5.11 Å². The van der Waals surface area contributed by atoms with E-state index in [9.17, 15) is 5.11 Å². The van der Waals surface area contributed by atoms with Crippen LogP contribution in [0.15, 0.2) is 36.4 Å². The summed E-state index contributed by atoms with van der Waals surface area (Å²) in [5.74, 6) is 6.05. The molecule has 0 unspecified atom stereocenters. The molecule has 2 rings (SSSR count). The Hall–Kier alpha value is -1.46. The molecule has 2 aromatic carbocycles. The fourth-order valence-electron chi connectivity index (χ4n) is 1.48. The van der Waals surface area contributed by atoms with Gasteiger partial charge in [0.1, 0.15) is 5.75 Å². The normalized spacial score (nSPS) is 9.67. The van der Waals surface area contributed by atoms with Gasteiger partial charge in [-0.3, -0.25) is 0 Å². The summed E-state index contributed by atoms with van der Waals surface area (Å²) in [6, 6.07) is 11.5. The molecule has 0 amide bonds. The maximum Gasteiger partial charge on any atom is 0.139 e. The van der Waals surface area contributed by atoms with Gasteiger partial charge in [0.15, 0.2) is 0 Å². The van der Waals surface area contributed by atoms with Crippen LogP contribution in [0.4, 0.5) is 0 Å². The highest BCUT2D eigenvalue weighted by Crippen LogP contribution is 2.27. The molecule has 0 aliphatic heterocycles. The zero-order chi connectivity index (χ0) is 10.7. The van der Waals surface area contributed by atoms with Gasteiger partial charge in [-0.25, -0.2) is 0 Å². The van der Waals surface area contributed by atoms with Crippen LogP contribution in [0.25, 0.3) is 10.8 Å². The van der Waals surface area contributed by atoms with Crippen molar-refractivity contribution in [2.75, 3.05) is 5.33 Å². The molecule has 0 atom stereocenters. The average Bonchev–Trinajstić information content (AvgIpc) is 2.29. The van der Waals surface area contributed by atoms with Crippen molar-refractivity contribution in [1.29, 1.82) is 0 Å². The van der Waals surface area contributed by atoms with E-state index in [0.717, 1.165) is 10.8 Å². The molecule has 0 aromatic heterocycles. The second-order valence-corrected chi connectivity index (χ2v) is 3.68. The van der Waals surface area contributed by atoms with Crippen LogP contribution in [-0.4, -0.2) is 10.4 Å². The van der Waals surface area contributed by atoms with E-state index >= 15 is 0 Å². The van der Waals surface area contributed by atoms with Crippen molar-refractivity contribution in [2.24, 2.45) is 0 Å². The van der Waals surface area contributed by atoms with Crippen LogP contribution in [0.5, 0.6) is 5.75 Å². The molecule has 0 spiro atoms. The number of hydrogen-bond donors (Lipinski definition) is 1. The minimum absolute atomic E-state index is 0.265. The lowest BCUT2D eigenvalue weighted by Gasteiger charge is -2.02. The van der Waals surface area contributed by atoms with Gasteiger partial charge in [-0.2, -0.15) is 0 Å². The number of halogens is 1. The number of hydrogen-bond acceptors (Lipinski definition) is 1. The largest absolute Gasteiger partial charge is 0.506 e. The molecule has 0 heterocycles. The summed E-state index contributed by atoms with van der Waals surface area (Å²) in [5.41, 5.74) is 0.674. The summed E-state index contributed by atoms with van der Waals surface area (Å²) < 4.78 is 0. The predicted octanol–water partition coefficient (Wildman–Crippen LogP) is 3.29. The van der Waals surface area contributed by atoms with Crippen molar-refractivity contribution in [1.82, 2.24) is 0 Å². The minimum atomic E-state index is 0.265. The topological polar surface area (TPSA) is 20.2 Å². The summed E-state index contributed by atoms with van der Waals surface area (Å²) in [6.45, 7) is 0. The van der Waals surface area contributed by atoms with E-state index in [0.29, 0.717) is 10.9 Å². The first-order chi connectivity index (χ1) is 7.33. The Bertz CT molecular complexity index is 549. The number of aromatic hydroxyl groups is 1. The second kappa shape index (κ2) is 4.37. The molecule has 1 nitrogen and oxygen atoms in total. The third-order valence-corrected chi connectivity index (χ3v) is 2.47. The van der Waals surface area contributed by atoms with E-state index < -0.39 is 0 Å². The van der Waals surface area contributed by atoms with Gasteiger partial charge in [-0.05, 0) is 11.5 Å². The second-order valence-electron chi connectivity index (χ2n) is 3.12. The number of alkyl halides is 1. The Kier molecular flexibility index (Phi) is 2.94. The highest BCUT2D eigenvalue weighted by atomic mass is 79.9. The number of phenols is 1. The standard InChI is InChI=1S/C13H9BrO/c14-9-3-5-11-8-7-10-4-1-2-6-12(10)13(11)15/h1-2,4,6-8,15H,9H2. The van der Waals surface area contributed by atoms with Gasteiger partial charge < -0.3 is 5.11 Å². The van der Waals surface area contributed by atoms with Gasteiger partial charge >= 0.3 is 0 Å². The Morgan fingerprint density at radius 2 is 1.93 bits per heavy atom. The molecule has 0 saturated carbocycles. The molecule has 0 aliphatic carbocycles. The monoisotopic (exact) mass is 260 g/mol. The summed E-state index contributed by atoms with van der Waals surface area (Å²) in [7, 11) is 0. The zero-order valence-electron chi connectivity index (χ0n) is 8.00. The summed E-state index contributed by atoms with van der Waals surface area (Å²) in [4.78, 5) is 0. The average molecular weight is 261 g/mol. The van der Waals surface area contributed by atoms with Crippen molar-refractivity contribution >= 4 is 26.7 Å². The molecule has 15 heavy (non-hydrogen) atoms.